The number of ketones is 1. The summed E-state index contributed by atoms with van der Waals surface area (Å²) >= 11 is 0. The first-order valence-electron chi connectivity index (χ1n) is 5.72. The van der Waals surface area contributed by atoms with Gasteiger partial charge in [0.15, 0.2) is 5.78 Å². The summed E-state index contributed by atoms with van der Waals surface area (Å²) < 4.78 is 0. The number of hydrogen-bond donors (Lipinski definition) is 0. The molecule has 0 aromatic carbocycles. The number of hydrogen-bond acceptors (Lipinski definition) is 1. The van der Waals surface area contributed by atoms with Crippen LogP contribution in [-0.4, -0.2) is 5.78 Å². The van der Waals surface area contributed by atoms with E-state index in [1.807, 2.05) is 6.08 Å². The number of carbonyl (C=O) groups is 1. The Morgan fingerprint density at radius 3 is 2.53 bits per heavy atom. The van der Waals surface area contributed by atoms with Crippen molar-refractivity contribution < 1.29 is 4.79 Å². The van der Waals surface area contributed by atoms with Gasteiger partial charge in [-0.05, 0) is 49.7 Å². The summed E-state index contributed by atoms with van der Waals surface area (Å²) in [5.41, 5.74) is 3.01. The first-order valence-corrected chi connectivity index (χ1v) is 5.72. The number of allylic oxidation sites excluding steroid dienone is 4. The van der Waals surface area contributed by atoms with Gasteiger partial charge in [0.05, 0.1) is 0 Å². The fourth-order valence-corrected chi connectivity index (χ4v) is 2.83. The van der Waals surface area contributed by atoms with Crippen LogP contribution in [0.1, 0.15) is 47.5 Å². The highest BCUT2D eigenvalue weighted by atomic mass is 16.1. The number of rotatable bonds is 2. The Kier molecular flexibility index (Phi) is 3.54. The fourth-order valence-electron chi connectivity index (χ4n) is 2.83. The molecule has 0 aromatic heterocycles. The largest absolute Gasteiger partial charge is 0.295 e. The molecule has 0 fully saturated rings. The molecule has 0 saturated carbocycles. The van der Waals surface area contributed by atoms with E-state index in [-0.39, 0.29) is 11.2 Å². The second-order valence-corrected chi connectivity index (χ2v) is 5.54. The van der Waals surface area contributed by atoms with Crippen molar-refractivity contribution in [2.24, 2.45) is 11.3 Å². The second kappa shape index (κ2) is 4.34. The van der Waals surface area contributed by atoms with Crippen LogP contribution in [0.25, 0.3) is 0 Å². The van der Waals surface area contributed by atoms with Crippen molar-refractivity contribution in [2.45, 2.75) is 47.5 Å². The Morgan fingerprint density at radius 1 is 1.47 bits per heavy atom. The molecule has 0 radical (unpaired) electrons. The van der Waals surface area contributed by atoms with E-state index in [4.69, 9.17) is 0 Å². The molecule has 1 aliphatic rings. The SMILES string of the molecule is CC(=O)C=CC1=C(C)CC(C)CC1(C)C. The Labute approximate surface area is 93.3 Å². The molecule has 1 heteroatoms. The zero-order valence-corrected chi connectivity index (χ0v) is 10.6. The highest BCUT2D eigenvalue weighted by molar-refractivity contribution is 5.87. The molecule has 0 aromatic rings. The van der Waals surface area contributed by atoms with Crippen LogP contribution in [0.4, 0.5) is 0 Å². The predicted molar refractivity (Wildman–Crippen MR) is 64.7 cm³/mol. The first kappa shape index (κ1) is 12.2. The van der Waals surface area contributed by atoms with Gasteiger partial charge in [0.1, 0.15) is 0 Å². The van der Waals surface area contributed by atoms with E-state index in [2.05, 4.69) is 27.7 Å². The topological polar surface area (TPSA) is 17.1 Å². The monoisotopic (exact) mass is 206 g/mol. The van der Waals surface area contributed by atoms with Crippen molar-refractivity contribution in [1.82, 2.24) is 0 Å². The van der Waals surface area contributed by atoms with Crippen molar-refractivity contribution in [3.05, 3.63) is 23.3 Å². The first-order chi connectivity index (χ1) is 6.83. The van der Waals surface area contributed by atoms with Crippen molar-refractivity contribution in [2.75, 3.05) is 0 Å². The minimum atomic E-state index is 0.129. The van der Waals surface area contributed by atoms with Crippen LogP contribution in [-0.2, 0) is 4.79 Å². The molecule has 1 rings (SSSR count). The van der Waals surface area contributed by atoms with Gasteiger partial charge in [-0.25, -0.2) is 0 Å². The Hall–Kier alpha value is -0.850. The maximum atomic E-state index is 11.0. The smallest absolute Gasteiger partial charge is 0.152 e. The van der Waals surface area contributed by atoms with Crippen molar-refractivity contribution >= 4 is 5.78 Å². The molecule has 0 bridgehead atoms. The van der Waals surface area contributed by atoms with Gasteiger partial charge >= 0.3 is 0 Å². The van der Waals surface area contributed by atoms with Crippen LogP contribution in [0.5, 0.6) is 0 Å². The highest BCUT2D eigenvalue weighted by Crippen LogP contribution is 2.43. The molecule has 15 heavy (non-hydrogen) atoms. The van der Waals surface area contributed by atoms with E-state index >= 15 is 0 Å². The third-order valence-corrected chi connectivity index (χ3v) is 3.19. The molecule has 0 saturated heterocycles. The third-order valence-electron chi connectivity index (χ3n) is 3.19. The predicted octanol–water partition coefficient (Wildman–Crippen LogP) is 3.90. The van der Waals surface area contributed by atoms with Gasteiger partial charge in [0.25, 0.3) is 0 Å². The Balaban J connectivity index is 3.01. The summed E-state index contributed by atoms with van der Waals surface area (Å²) in [6.07, 6.45) is 6.09. The second-order valence-electron chi connectivity index (χ2n) is 5.54. The van der Waals surface area contributed by atoms with Gasteiger partial charge in [0, 0.05) is 0 Å². The average molecular weight is 206 g/mol. The van der Waals surface area contributed by atoms with E-state index in [1.165, 1.54) is 24.0 Å². The third kappa shape index (κ3) is 3.05. The summed E-state index contributed by atoms with van der Waals surface area (Å²) in [5, 5.41) is 0. The molecule has 1 aliphatic carbocycles. The Bertz CT molecular complexity index is 318. The normalized spacial score (nSPS) is 26.1. The zero-order chi connectivity index (χ0) is 11.6. The lowest BCUT2D eigenvalue weighted by atomic mass is 9.69. The van der Waals surface area contributed by atoms with E-state index in [0.29, 0.717) is 0 Å². The minimum Gasteiger partial charge on any atom is -0.295 e. The maximum absolute atomic E-state index is 11.0. The molecule has 1 nitrogen and oxygen atoms in total. The van der Waals surface area contributed by atoms with Crippen LogP contribution in [0.15, 0.2) is 23.3 Å². The lowest BCUT2D eigenvalue weighted by Gasteiger charge is -2.36. The molecule has 0 spiro atoms. The summed E-state index contributed by atoms with van der Waals surface area (Å²) in [7, 11) is 0. The molecule has 0 heterocycles. The van der Waals surface area contributed by atoms with Gasteiger partial charge in [0.2, 0.25) is 0 Å². The van der Waals surface area contributed by atoms with Gasteiger partial charge < -0.3 is 0 Å². The van der Waals surface area contributed by atoms with Crippen molar-refractivity contribution in [3.8, 4) is 0 Å². The molecular formula is C14H22O. The van der Waals surface area contributed by atoms with E-state index in [9.17, 15) is 4.79 Å². The van der Waals surface area contributed by atoms with Crippen LogP contribution in [0.2, 0.25) is 0 Å². The average Bonchev–Trinajstić information content (AvgIpc) is 1.98. The molecule has 1 atom stereocenters. The van der Waals surface area contributed by atoms with Crippen LogP contribution >= 0.6 is 0 Å². The lowest BCUT2D eigenvalue weighted by molar-refractivity contribution is -0.112. The summed E-state index contributed by atoms with van der Waals surface area (Å²) in [5.74, 6) is 0.888. The molecular weight excluding hydrogens is 184 g/mol. The summed E-state index contributed by atoms with van der Waals surface area (Å²) in [4.78, 5) is 11.0. The maximum Gasteiger partial charge on any atom is 0.152 e. The lowest BCUT2D eigenvalue weighted by Crippen LogP contribution is -2.24. The van der Waals surface area contributed by atoms with E-state index in [1.54, 1.807) is 13.0 Å². The molecule has 0 amide bonds. The standard InChI is InChI=1S/C14H22O/c1-10-8-11(2)13(7-6-12(3)15)14(4,5)9-10/h6-7,10H,8-9H2,1-5H3. The molecule has 84 valence electrons. The van der Waals surface area contributed by atoms with E-state index in [0.717, 1.165) is 5.92 Å². The summed E-state index contributed by atoms with van der Waals surface area (Å²) in [6.45, 7) is 10.6. The molecule has 0 N–H and O–H groups in total. The quantitative estimate of drug-likeness (QED) is 0.626. The number of carbonyl (C=O) groups excluding carboxylic acids is 1. The van der Waals surface area contributed by atoms with Gasteiger partial charge in [-0.15, -0.1) is 0 Å². The summed E-state index contributed by atoms with van der Waals surface area (Å²) in [6, 6.07) is 0. The van der Waals surface area contributed by atoms with Gasteiger partial charge in [-0.2, -0.15) is 0 Å². The minimum absolute atomic E-state index is 0.129. The van der Waals surface area contributed by atoms with Crippen molar-refractivity contribution in [3.63, 3.8) is 0 Å². The van der Waals surface area contributed by atoms with E-state index < -0.39 is 0 Å². The van der Waals surface area contributed by atoms with Crippen LogP contribution in [0, 0.1) is 11.3 Å². The van der Waals surface area contributed by atoms with Crippen LogP contribution < -0.4 is 0 Å². The Morgan fingerprint density at radius 2 is 2.07 bits per heavy atom. The molecule has 0 aliphatic heterocycles. The highest BCUT2D eigenvalue weighted by Gasteiger charge is 2.30. The fraction of sp³-hybridized carbons (Fsp3) is 0.643. The van der Waals surface area contributed by atoms with Crippen LogP contribution in [0.3, 0.4) is 0 Å². The zero-order valence-electron chi connectivity index (χ0n) is 10.6. The molecule has 1 unspecified atom stereocenters. The van der Waals surface area contributed by atoms with Crippen molar-refractivity contribution in [1.29, 1.82) is 0 Å². The van der Waals surface area contributed by atoms with Gasteiger partial charge in [-0.1, -0.05) is 32.4 Å². The van der Waals surface area contributed by atoms with Gasteiger partial charge in [-0.3, -0.25) is 4.79 Å².